The minimum absolute atomic E-state index is 0.0648. The van der Waals surface area contributed by atoms with E-state index in [0.717, 1.165) is 6.26 Å². The van der Waals surface area contributed by atoms with Crippen LogP contribution in [0.4, 0.5) is 0 Å². The summed E-state index contributed by atoms with van der Waals surface area (Å²) < 4.78 is 32.5. The molecule has 0 N–H and O–H groups in total. The smallest absolute Gasteiger partial charge is 0.327 e. The second-order valence-electron chi connectivity index (χ2n) is 5.17. The van der Waals surface area contributed by atoms with E-state index in [0.29, 0.717) is 6.42 Å². The molecule has 20 heavy (non-hydrogen) atoms. The van der Waals surface area contributed by atoms with Gasteiger partial charge in [0.15, 0.2) is 14.6 Å². The normalized spacial score (nSPS) is 30.0. The van der Waals surface area contributed by atoms with Crippen LogP contribution in [-0.4, -0.2) is 44.6 Å². The summed E-state index contributed by atoms with van der Waals surface area (Å²) in [6.45, 7) is 5.31. The van der Waals surface area contributed by atoms with Crippen molar-refractivity contribution in [2.75, 3.05) is 19.5 Å². The summed E-state index contributed by atoms with van der Waals surface area (Å²) in [6.07, 6.45) is 1.27. The molecule has 0 aromatic rings. The zero-order valence-corrected chi connectivity index (χ0v) is 13.2. The molecule has 0 bridgehead atoms. The Kier molecular flexibility index (Phi) is 5.18. The van der Waals surface area contributed by atoms with Gasteiger partial charge >= 0.3 is 11.9 Å². The quantitative estimate of drug-likeness (QED) is 0.703. The average Bonchev–Trinajstić information content (AvgIpc) is 2.68. The molecule has 0 aromatic carbocycles. The van der Waals surface area contributed by atoms with Gasteiger partial charge in [-0.25, -0.2) is 8.42 Å². The van der Waals surface area contributed by atoms with Crippen molar-refractivity contribution in [2.24, 2.45) is 11.8 Å². The van der Waals surface area contributed by atoms with Gasteiger partial charge in [-0.15, -0.1) is 0 Å². The molecular formula is C13H22O6S. The van der Waals surface area contributed by atoms with Crippen LogP contribution >= 0.6 is 0 Å². The predicted molar refractivity (Wildman–Crippen MR) is 72.7 cm³/mol. The van der Waals surface area contributed by atoms with Crippen LogP contribution < -0.4 is 0 Å². The maximum atomic E-state index is 12.2. The van der Waals surface area contributed by atoms with Crippen LogP contribution in [0, 0.1) is 11.8 Å². The molecule has 1 saturated carbocycles. The van der Waals surface area contributed by atoms with Crippen molar-refractivity contribution in [1.29, 1.82) is 0 Å². The highest BCUT2D eigenvalue weighted by Crippen LogP contribution is 2.46. The molecule has 0 aliphatic heterocycles. The largest absolute Gasteiger partial charge is 0.466 e. The first-order valence-corrected chi connectivity index (χ1v) is 8.63. The Balaban J connectivity index is 3.14. The molecule has 0 saturated heterocycles. The molecule has 0 unspecified atom stereocenters. The molecule has 0 aromatic heterocycles. The van der Waals surface area contributed by atoms with Gasteiger partial charge in [-0.3, -0.25) is 9.59 Å². The van der Waals surface area contributed by atoms with Gasteiger partial charge < -0.3 is 9.47 Å². The highest BCUT2D eigenvalue weighted by molar-refractivity contribution is 7.92. The number of carbonyl (C=O) groups excluding carboxylic acids is 2. The molecule has 0 radical (unpaired) electrons. The third-order valence-electron chi connectivity index (χ3n) is 3.89. The lowest BCUT2D eigenvalue weighted by molar-refractivity contribution is -0.148. The SMILES string of the molecule is CCOC(=O)[C@H]1C[C@@H](C)[C@@](C(=O)OCC)(S(C)(=O)=O)C1. The number of hydrogen-bond acceptors (Lipinski definition) is 6. The molecule has 1 rings (SSSR count). The van der Waals surface area contributed by atoms with Gasteiger partial charge in [0.05, 0.1) is 19.1 Å². The number of sulfone groups is 1. The average molecular weight is 306 g/mol. The lowest BCUT2D eigenvalue weighted by atomic mass is 9.97. The number of ether oxygens (including phenoxy) is 2. The monoisotopic (exact) mass is 306 g/mol. The van der Waals surface area contributed by atoms with Crippen LogP contribution in [0.15, 0.2) is 0 Å². The molecule has 0 spiro atoms. The summed E-state index contributed by atoms with van der Waals surface area (Å²) in [5.74, 6) is -2.27. The van der Waals surface area contributed by atoms with Crippen LogP contribution in [0.25, 0.3) is 0 Å². The van der Waals surface area contributed by atoms with E-state index in [2.05, 4.69) is 0 Å². The Morgan fingerprint density at radius 1 is 1.20 bits per heavy atom. The third kappa shape index (κ3) is 2.82. The summed E-state index contributed by atoms with van der Waals surface area (Å²) in [6, 6.07) is 0. The van der Waals surface area contributed by atoms with E-state index in [9.17, 15) is 18.0 Å². The van der Waals surface area contributed by atoms with Crippen LogP contribution in [0.2, 0.25) is 0 Å². The van der Waals surface area contributed by atoms with Crippen LogP contribution in [-0.2, 0) is 28.9 Å². The van der Waals surface area contributed by atoms with Crippen molar-refractivity contribution in [3.63, 3.8) is 0 Å². The fourth-order valence-corrected chi connectivity index (χ4v) is 4.61. The van der Waals surface area contributed by atoms with Gasteiger partial charge in [-0.1, -0.05) is 6.92 Å². The highest BCUT2D eigenvalue weighted by Gasteiger charge is 2.60. The van der Waals surface area contributed by atoms with Crippen molar-refractivity contribution < 1.29 is 27.5 Å². The second kappa shape index (κ2) is 6.11. The van der Waals surface area contributed by atoms with Gasteiger partial charge in [0.2, 0.25) is 0 Å². The first-order chi connectivity index (χ1) is 9.20. The van der Waals surface area contributed by atoms with Crippen molar-refractivity contribution in [3.05, 3.63) is 0 Å². The molecule has 1 aliphatic carbocycles. The zero-order valence-electron chi connectivity index (χ0n) is 12.3. The number of esters is 2. The van der Waals surface area contributed by atoms with E-state index in [1.54, 1.807) is 20.8 Å². The first kappa shape index (κ1) is 16.9. The van der Waals surface area contributed by atoms with Gasteiger partial charge in [-0.2, -0.15) is 0 Å². The summed E-state index contributed by atoms with van der Waals surface area (Å²) in [5.41, 5.74) is 0. The Bertz CT molecular complexity index is 483. The molecule has 1 aliphatic rings. The molecular weight excluding hydrogens is 284 g/mol. The fraction of sp³-hybridized carbons (Fsp3) is 0.846. The molecule has 0 amide bonds. The molecule has 116 valence electrons. The summed E-state index contributed by atoms with van der Waals surface area (Å²) >= 11 is 0. The Labute approximate surface area is 119 Å². The van der Waals surface area contributed by atoms with Crippen LogP contribution in [0.3, 0.4) is 0 Å². The minimum Gasteiger partial charge on any atom is -0.466 e. The lowest BCUT2D eigenvalue weighted by Gasteiger charge is -2.29. The maximum Gasteiger partial charge on any atom is 0.327 e. The highest BCUT2D eigenvalue weighted by atomic mass is 32.2. The Morgan fingerprint density at radius 3 is 2.20 bits per heavy atom. The van der Waals surface area contributed by atoms with E-state index >= 15 is 0 Å². The van der Waals surface area contributed by atoms with E-state index in [-0.39, 0.29) is 19.6 Å². The van der Waals surface area contributed by atoms with Gasteiger partial charge in [-0.05, 0) is 32.6 Å². The Hall–Kier alpha value is -1.11. The van der Waals surface area contributed by atoms with E-state index in [4.69, 9.17) is 9.47 Å². The second-order valence-corrected chi connectivity index (χ2v) is 7.44. The van der Waals surface area contributed by atoms with Crippen LogP contribution in [0.1, 0.15) is 33.6 Å². The number of rotatable bonds is 5. The summed E-state index contributed by atoms with van der Waals surface area (Å²) in [5, 5.41) is 0. The first-order valence-electron chi connectivity index (χ1n) is 6.74. The lowest BCUT2D eigenvalue weighted by Crippen LogP contribution is -2.49. The maximum absolute atomic E-state index is 12.2. The van der Waals surface area contributed by atoms with Crippen molar-refractivity contribution in [1.82, 2.24) is 0 Å². The van der Waals surface area contributed by atoms with E-state index < -0.39 is 38.4 Å². The van der Waals surface area contributed by atoms with Crippen LogP contribution in [0.5, 0.6) is 0 Å². The van der Waals surface area contributed by atoms with Gasteiger partial charge in [0.25, 0.3) is 0 Å². The molecule has 3 atom stereocenters. The topological polar surface area (TPSA) is 86.7 Å². The third-order valence-corrected chi connectivity index (χ3v) is 5.95. The van der Waals surface area contributed by atoms with E-state index in [1.165, 1.54) is 0 Å². The Morgan fingerprint density at radius 2 is 1.75 bits per heavy atom. The predicted octanol–water partition coefficient (Wildman–Crippen LogP) is 0.942. The number of hydrogen-bond donors (Lipinski definition) is 0. The minimum atomic E-state index is -3.70. The van der Waals surface area contributed by atoms with E-state index in [1.807, 2.05) is 0 Å². The fourth-order valence-electron chi connectivity index (χ4n) is 2.91. The van der Waals surface area contributed by atoms with Crippen molar-refractivity contribution in [2.45, 2.75) is 38.4 Å². The van der Waals surface area contributed by atoms with Crippen molar-refractivity contribution >= 4 is 21.8 Å². The van der Waals surface area contributed by atoms with Gasteiger partial charge in [0.1, 0.15) is 0 Å². The summed E-state index contributed by atoms with van der Waals surface area (Å²) in [4.78, 5) is 24.0. The molecule has 0 heterocycles. The molecule has 6 nitrogen and oxygen atoms in total. The summed E-state index contributed by atoms with van der Waals surface area (Å²) in [7, 11) is -3.70. The standard InChI is InChI=1S/C13H22O6S/c1-5-18-11(14)10-7-9(3)13(8-10,20(4,16)17)12(15)19-6-2/h9-10H,5-8H2,1-4H3/t9-,10+,13+/m1/s1. The molecule has 1 fully saturated rings. The number of carbonyl (C=O) groups is 2. The van der Waals surface area contributed by atoms with Crippen molar-refractivity contribution in [3.8, 4) is 0 Å². The van der Waals surface area contributed by atoms with Gasteiger partial charge in [0, 0.05) is 6.26 Å². The zero-order chi connectivity index (χ0) is 15.6. The molecule has 7 heteroatoms.